The van der Waals surface area contributed by atoms with Crippen molar-refractivity contribution in [3.8, 4) is 0 Å². The summed E-state index contributed by atoms with van der Waals surface area (Å²) in [7, 11) is 0. The maximum Gasteiger partial charge on any atom is 0.289 e. The van der Waals surface area contributed by atoms with E-state index in [0.717, 1.165) is 0 Å². The second-order valence-corrected chi connectivity index (χ2v) is 6.82. The summed E-state index contributed by atoms with van der Waals surface area (Å²) in [6.45, 7) is 5.99. The van der Waals surface area contributed by atoms with Gasteiger partial charge in [0.15, 0.2) is 0 Å². The number of carbonyl (C=O) groups excluding carboxylic acids is 2. The van der Waals surface area contributed by atoms with E-state index >= 15 is 0 Å². The topological polar surface area (TPSA) is 65.3 Å². The van der Waals surface area contributed by atoms with Crippen molar-refractivity contribution in [2.45, 2.75) is 39.3 Å². The quantitative estimate of drug-likeness (QED) is 0.786. The predicted octanol–water partition coefficient (Wildman–Crippen LogP) is 1.26. The van der Waals surface area contributed by atoms with Gasteiger partial charge in [0.1, 0.15) is 0 Å². The normalized spacial score (nSPS) is 25.6. The number of aliphatic imine (C=N–C) groups is 2. The number of amides is 2. The SMILES string of the molecule is CC(C)C1=NC(N2CCN(C(=O)CC3CC3)CC2)=NC(=O)C1F. The summed E-state index contributed by atoms with van der Waals surface area (Å²) in [5.74, 6) is 0.179. The fourth-order valence-electron chi connectivity index (χ4n) is 2.90. The molecule has 1 aliphatic carbocycles. The zero-order valence-corrected chi connectivity index (χ0v) is 13.7. The Labute approximate surface area is 135 Å². The van der Waals surface area contributed by atoms with Gasteiger partial charge in [-0.15, -0.1) is 0 Å². The van der Waals surface area contributed by atoms with Crippen molar-refractivity contribution in [1.29, 1.82) is 0 Å². The molecule has 2 fully saturated rings. The highest BCUT2D eigenvalue weighted by atomic mass is 19.1. The Morgan fingerprint density at radius 3 is 2.43 bits per heavy atom. The summed E-state index contributed by atoms with van der Waals surface area (Å²) >= 11 is 0. The molecule has 3 aliphatic rings. The molecule has 0 N–H and O–H groups in total. The molecule has 3 rings (SSSR count). The summed E-state index contributed by atoms with van der Waals surface area (Å²) in [6.07, 6.45) is 1.27. The lowest BCUT2D eigenvalue weighted by molar-refractivity contribution is -0.132. The van der Waals surface area contributed by atoms with E-state index in [9.17, 15) is 14.0 Å². The monoisotopic (exact) mass is 322 g/mol. The first kappa shape index (κ1) is 16.1. The lowest BCUT2D eigenvalue weighted by Crippen LogP contribution is -2.51. The first-order valence-electron chi connectivity index (χ1n) is 8.33. The van der Waals surface area contributed by atoms with Crippen LogP contribution < -0.4 is 0 Å². The van der Waals surface area contributed by atoms with Crippen LogP contribution in [0, 0.1) is 11.8 Å². The third kappa shape index (κ3) is 3.59. The van der Waals surface area contributed by atoms with Crippen molar-refractivity contribution in [1.82, 2.24) is 9.80 Å². The molecule has 0 radical (unpaired) electrons. The van der Waals surface area contributed by atoms with E-state index in [1.165, 1.54) is 12.8 Å². The molecular formula is C16H23FN4O2. The Balaban J connectivity index is 1.61. The van der Waals surface area contributed by atoms with Gasteiger partial charge in [-0.25, -0.2) is 9.38 Å². The van der Waals surface area contributed by atoms with E-state index < -0.39 is 12.1 Å². The molecule has 0 aromatic rings. The van der Waals surface area contributed by atoms with E-state index in [1.807, 2.05) is 23.6 Å². The van der Waals surface area contributed by atoms with Crippen LogP contribution in [0.3, 0.4) is 0 Å². The minimum Gasteiger partial charge on any atom is -0.339 e. The number of guanidine groups is 1. The number of nitrogens with zero attached hydrogens (tertiary/aromatic N) is 4. The largest absolute Gasteiger partial charge is 0.339 e. The van der Waals surface area contributed by atoms with Crippen LogP contribution in [-0.2, 0) is 9.59 Å². The number of rotatable bonds is 3. The molecule has 7 heteroatoms. The number of carbonyl (C=O) groups is 2. The van der Waals surface area contributed by atoms with Crippen molar-refractivity contribution in [3.05, 3.63) is 0 Å². The molecule has 1 saturated heterocycles. The maximum atomic E-state index is 13.9. The van der Waals surface area contributed by atoms with E-state index in [-0.39, 0.29) is 17.5 Å². The molecule has 6 nitrogen and oxygen atoms in total. The third-order valence-electron chi connectivity index (χ3n) is 4.58. The van der Waals surface area contributed by atoms with Gasteiger partial charge in [-0.05, 0) is 24.7 Å². The van der Waals surface area contributed by atoms with E-state index in [1.54, 1.807) is 0 Å². The average Bonchev–Trinajstić information content (AvgIpc) is 3.33. The molecule has 0 aromatic carbocycles. The van der Waals surface area contributed by atoms with Crippen molar-refractivity contribution >= 4 is 23.5 Å². The van der Waals surface area contributed by atoms with Gasteiger partial charge in [0, 0.05) is 32.6 Å². The van der Waals surface area contributed by atoms with Gasteiger partial charge in [-0.3, -0.25) is 9.59 Å². The van der Waals surface area contributed by atoms with E-state index in [2.05, 4.69) is 9.98 Å². The van der Waals surface area contributed by atoms with Gasteiger partial charge < -0.3 is 9.80 Å². The average molecular weight is 322 g/mol. The van der Waals surface area contributed by atoms with Crippen molar-refractivity contribution in [2.75, 3.05) is 26.2 Å². The number of alkyl halides is 1. The van der Waals surface area contributed by atoms with Crippen molar-refractivity contribution < 1.29 is 14.0 Å². The van der Waals surface area contributed by atoms with Crippen LogP contribution in [0.1, 0.15) is 33.1 Å². The van der Waals surface area contributed by atoms with Gasteiger partial charge in [-0.2, -0.15) is 4.99 Å². The molecular weight excluding hydrogens is 299 g/mol. The first-order valence-corrected chi connectivity index (χ1v) is 8.33. The van der Waals surface area contributed by atoms with Gasteiger partial charge in [-0.1, -0.05) is 13.8 Å². The second-order valence-electron chi connectivity index (χ2n) is 6.82. The minimum absolute atomic E-state index is 0.138. The molecule has 2 aliphatic heterocycles. The second kappa shape index (κ2) is 6.37. The Bertz CT molecular complexity index is 560. The third-order valence-corrected chi connectivity index (χ3v) is 4.58. The van der Waals surface area contributed by atoms with Crippen LogP contribution in [0.15, 0.2) is 9.98 Å². The van der Waals surface area contributed by atoms with Crippen LogP contribution in [0.2, 0.25) is 0 Å². The van der Waals surface area contributed by atoms with Crippen LogP contribution in [0.4, 0.5) is 4.39 Å². The van der Waals surface area contributed by atoms with Crippen LogP contribution >= 0.6 is 0 Å². The lowest BCUT2D eigenvalue weighted by Gasteiger charge is -2.36. The molecule has 0 spiro atoms. The van der Waals surface area contributed by atoms with Crippen molar-refractivity contribution in [3.63, 3.8) is 0 Å². The summed E-state index contributed by atoms with van der Waals surface area (Å²) < 4.78 is 13.9. The van der Waals surface area contributed by atoms with Crippen LogP contribution in [0.25, 0.3) is 0 Å². The minimum atomic E-state index is -1.72. The Hall–Kier alpha value is -1.79. The number of hydrogen-bond donors (Lipinski definition) is 0. The Kier molecular flexibility index (Phi) is 4.46. The zero-order chi connectivity index (χ0) is 16.6. The highest BCUT2D eigenvalue weighted by Gasteiger charge is 2.34. The van der Waals surface area contributed by atoms with Gasteiger partial charge in [0.2, 0.25) is 18.0 Å². The van der Waals surface area contributed by atoms with Gasteiger partial charge >= 0.3 is 0 Å². The molecule has 1 atom stereocenters. The molecule has 23 heavy (non-hydrogen) atoms. The molecule has 2 heterocycles. The molecule has 2 amide bonds. The predicted molar refractivity (Wildman–Crippen MR) is 85.1 cm³/mol. The fraction of sp³-hybridized carbons (Fsp3) is 0.750. The summed E-state index contributed by atoms with van der Waals surface area (Å²) in [5.41, 5.74) is 0.243. The lowest BCUT2D eigenvalue weighted by atomic mass is 10.0. The highest BCUT2D eigenvalue weighted by Crippen LogP contribution is 2.33. The summed E-state index contributed by atoms with van der Waals surface area (Å²) in [6, 6.07) is 0. The molecule has 126 valence electrons. The van der Waals surface area contributed by atoms with Crippen LogP contribution in [0.5, 0.6) is 0 Å². The Morgan fingerprint density at radius 2 is 1.87 bits per heavy atom. The van der Waals surface area contributed by atoms with Crippen LogP contribution in [-0.4, -0.2) is 65.6 Å². The molecule has 0 bridgehead atoms. The standard InChI is InChI=1S/C16H23FN4O2/c1-10(2)14-13(17)15(23)19-16(18-14)21-7-5-20(6-8-21)12(22)9-11-3-4-11/h10-11,13H,3-9H2,1-2H3. The van der Waals surface area contributed by atoms with Crippen molar-refractivity contribution in [2.24, 2.45) is 21.8 Å². The maximum absolute atomic E-state index is 13.9. The smallest absolute Gasteiger partial charge is 0.289 e. The number of hydrogen-bond acceptors (Lipinski definition) is 4. The molecule has 1 unspecified atom stereocenters. The summed E-state index contributed by atoms with van der Waals surface area (Å²) in [5, 5.41) is 0. The number of piperazine rings is 1. The Morgan fingerprint density at radius 1 is 1.22 bits per heavy atom. The van der Waals surface area contributed by atoms with E-state index in [4.69, 9.17) is 0 Å². The fourth-order valence-corrected chi connectivity index (χ4v) is 2.90. The highest BCUT2D eigenvalue weighted by molar-refractivity contribution is 6.18. The van der Waals surface area contributed by atoms with E-state index in [0.29, 0.717) is 44.5 Å². The first-order chi connectivity index (χ1) is 11.0. The molecule has 1 saturated carbocycles. The molecule has 0 aromatic heterocycles. The number of halogens is 1. The van der Waals surface area contributed by atoms with Gasteiger partial charge in [0.25, 0.3) is 5.91 Å². The van der Waals surface area contributed by atoms with Gasteiger partial charge in [0.05, 0.1) is 5.71 Å². The zero-order valence-electron chi connectivity index (χ0n) is 13.7. The summed E-state index contributed by atoms with van der Waals surface area (Å²) in [4.78, 5) is 35.6.